The molecule has 0 aliphatic rings. The zero-order chi connectivity index (χ0) is 23.7. The second-order valence-corrected chi connectivity index (χ2v) is 8.01. The van der Waals surface area contributed by atoms with E-state index in [1.807, 2.05) is 31.5 Å². The highest BCUT2D eigenvalue weighted by atomic mass is 19.1. The Morgan fingerprint density at radius 2 is 1.79 bits per heavy atom. The van der Waals surface area contributed by atoms with Crippen molar-refractivity contribution in [1.82, 2.24) is 14.1 Å². The van der Waals surface area contributed by atoms with E-state index in [0.717, 1.165) is 22.5 Å². The molecule has 0 radical (unpaired) electrons. The lowest BCUT2D eigenvalue weighted by molar-refractivity contribution is 0.103. The van der Waals surface area contributed by atoms with Crippen molar-refractivity contribution < 1.29 is 13.9 Å². The summed E-state index contributed by atoms with van der Waals surface area (Å²) in [6.45, 7) is 5.55. The summed E-state index contributed by atoms with van der Waals surface area (Å²) in [6.07, 6.45) is 5.23. The highest BCUT2D eigenvalue weighted by Crippen LogP contribution is 2.26. The van der Waals surface area contributed by atoms with Crippen molar-refractivity contribution in [3.63, 3.8) is 0 Å². The topological polar surface area (TPSA) is 66.1 Å². The number of nitrogens with zero attached hydrogens (tertiary/aromatic N) is 3. The molecule has 0 bridgehead atoms. The molecule has 33 heavy (non-hydrogen) atoms. The van der Waals surface area contributed by atoms with Crippen LogP contribution in [0.4, 0.5) is 4.39 Å². The van der Waals surface area contributed by atoms with Gasteiger partial charge in [-0.15, -0.1) is 0 Å². The fraction of sp³-hybridized carbons (Fsp3) is 0.192. The molecule has 6 nitrogen and oxygen atoms in total. The Bertz CT molecular complexity index is 1390. The number of methoxy groups -OCH3 is 1. The fourth-order valence-electron chi connectivity index (χ4n) is 3.84. The molecular weight excluding hydrogens is 421 g/mol. The van der Waals surface area contributed by atoms with Crippen molar-refractivity contribution >= 4 is 5.78 Å². The van der Waals surface area contributed by atoms with E-state index in [1.54, 1.807) is 48.9 Å². The minimum atomic E-state index is -0.407. The number of hydrogen-bond acceptors (Lipinski definition) is 4. The summed E-state index contributed by atoms with van der Waals surface area (Å²) in [5, 5.41) is 0. The van der Waals surface area contributed by atoms with E-state index in [9.17, 15) is 14.0 Å². The van der Waals surface area contributed by atoms with E-state index < -0.39 is 11.3 Å². The lowest BCUT2D eigenvalue weighted by Crippen LogP contribution is -2.29. The molecule has 0 amide bonds. The van der Waals surface area contributed by atoms with Gasteiger partial charge >= 0.3 is 0 Å². The standard InChI is InChI=1S/C26H24FN3O3/c1-16-11-22(26(32)30(13-16)18(3)19-5-8-21(27)9-6-19)25(31)20-7-10-23(24(12-20)33-4)29-14-17(2)28-15-29/h5-15,18H,1-4H3. The van der Waals surface area contributed by atoms with Crippen LogP contribution >= 0.6 is 0 Å². The van der Waals surface area contributed by atoms with Crippen LogP contribution in [-0.4, -0.2) is 27.0 Å². The first-order valence-electron chi connectivity index (χ1n) is 10.5. The molecule has 2 aromatic heterocycles. The maximum absolute atomic E-state index is 13.4. The van der Waals surface area contributed by atoms with Gasteiger partial charge in [0.05, 0.1) is 36.4 Å². The number of ether oxygens (including phenoxy) is 1. The third-order valence-corrected chi connectivity index (χ3v) is 5.63. The summed E-state index contributed by atoms with van der Waals surface area (Å²) in [5.74, 6) is -0.247. The largest absolute Gasteiger partial charge is 0.495 e. The Morgan fingerprint density at radius 1 is 1.06 bits per heavy atom. The van der Waals surface area contributed by atoms with Crippen LogP contribution in [0.1, 0.15) is 45.7 Å². The molecule has 4 rings (SSSR count). The third kappa shape index (κ3) is 4.35. The summed E-state index contributed by atoms with van der Waals surface area (Å²) in [4.78, 5) is 30.9. The first-order chi connectivity index (χ1) is 15.8. The Labute approximate surface area is 190 Å². The van der Waals surface area contributed by atoms with Gasteiger partial charge in [-0.1, -0.05) is 12.1 Å². The van der Waals surface area contributed by atoms with Crippen LogP contribution in [-0.2, 0) is 0 Å². The Balaban J connectivity index is 1.74. The first-order valence-corrected chi connectivity index (χ1v) is 10.5. The number of hydrogen-bond donors (Lipinski definition) is 0. The van der Waals surface area contributed by atoms with E-state index in [-0.39, 0.29) is 17.4 Å². The van der Waals surface area contributed by atoms with Crippen molar-refractivity contribution in [2.75, 3.05) is 7.11 Å². The maximum atomic E-state index is 13.4. The van der Waals surface area contributed by atoms with Crippen molar-refractivity contribution in [1.29, 1.82) is 0 Å². The van der Waals surface area contributed by atoms with Crippen molar-refractivity contribution in [2.45, 2.75) is 26.8 Å². The lowest BCUT2D eigenvalue weighted by Gasteiger charge is -2.18. The van der Waals surface area contributed by atoms with E-state index in [2.05, 4.69) is 4.98 Å². The second kappa shape index (κ2) is 8.86. The Hall–Kier alpha value is -4.00. The zero-order valence-electron chi connectivity index (χ0n) is 18.9. The van der Waals surface area contributed by atoms with Crippen LogP contribution in [0.2, 0.25) is 0 Å². The van der Waals surface area contributed by atoms with E-state index in [1.165, 1.54) is 23.8 Å². The quantitative estimate of drug-likeness (QED) is 0.406. The summed E-state index contributed by atoms with van der Waals surface area (Å²) in [5.41, 5.74) is 3.13. The molecule has 0 N–H and O–H groups in total. The first kappa shape index (κ1) is 22.2. The predicted octanol–water partition coefficient (Wildman–Crippen LogP) is 4.64. The zero-order valence-corrected chi connectivity index (χ0v) is 18.9. The molecule has 1 unspecified atom stereocenters. The lowest BCUT2D eigenvalue weighted by atomic mass is 10.0. The molecule has 168 valence electrons. The second-order valence-electron chi connectivity index (χ2n) is 8.01. The number of ketones is 1. The van der Waals surface area contributed by atoms with Crippen molar-refractivity contribution in [3.8, 4) is 11.4 Å². The molecule has 1 atom stereocenters. The molecule has 0 saturated carbocycles. The third-order valence-electron chi connectivity index (χ3n) is 5.63. The molecule has 2 heterocycles. The average molecular weight is 445 g/mol. The van der Waals surface area contributed by atoms with Crippen LogP contribution < -0.4 is 10.3 Å². The van der Waals surface area contributed by atoms with Gasteiger partial charge in [0.2, 0.25) is 0 Å². The molecule has 7 heteroatoms. The van der Waals surface area contributed by atoms with Gasteiger partial charge in [0.1, 0.15) is 11.6 Å². The maximum Gasteiger partial charge on any atom is 0.262 e. The molecule has 0 aliphatic carbocycles. The summed E-state index contributed by atoms with van der Waals surface area (Å²) >= 11 is 0. The van der Waals surface area contributed by atoms with Gasteiger partial charge in [-0.3, -0.25) is 9.59 Å². The van der Waals surface area contributed by atoms with Gasteiger partial charge in [-0.05, 0) is 68.3 Å². The number of aromatic nitrogens is 3. The fourth-order valence-corrected chi connectivity index (χ4v) is 3.84. The number of pyridine rings is 1. The number of carbonyl (C=O) groups is 1. The highest BCUT2D eigenvalue weighted by molar-refractivity contribution is 6.09. The van der Waals surface area contributed by atoms with Gasteiger partial charge < -0.3 is 13.9 Å². The molecule has 2 aromatic carbocycles. The minimum Gasteiger partial charge on any atom is -0.495 e. The van der Waals surface area contributed by atoms with Gasteiger partial charge in [0, 0.05) is 18.0 Å². The highest BCUT2D eigenvalue weighted by Gasteiger charge is 2.20. The smallest absolute Gasteiger partial charge is 0.262 e. The number of aryl methyl sites for hydroxylation is 2. The monoisotopic (exact) mass is 445 g/mol. The number of carbonyl (C=O) groups excluding carboxylic acids is 1. The van der Waals surface area contributed by atoms with Gasteiger partial charge in [0.25, 0.3) is 5.56 Å². The molecule has 0 spiro atoms. The normalized spacial score (nSPS) is 11.9. The minimum absolute atomic E-state index is 0.0669. The van der Waals surface area contributed by atoms with Crippen LogP contribution in [0.3, 0.4) is 0 Å². The number of imidazole rings is 1. The van der Waals surface area contributed by atoms with Gasteiger partial charge in [-0.2, -0.15) is 0 Å². The van der Waals surface area contributed by atoms with E-state index in [0.29, 0.717) is 11.3 Å². The van der Waals surface area contributed by atoms with Crippen LogP contribution in [0, 0.1) is 19.7 Å². The van der Waals surface area contributed by atoms with Crippen molar-refractivity contribution in [3.05, 3.63) is 111 Å². The molecular formula is C26H24FN3O3. The molecule has 0 saturated heterocycles. The average Bonchev–Trinajstić information content (AvgIpc) is 3.25. The molecule has 4 aromatic rings. The van der Waals surface area contributed by atoms with Crippen LogP contribution in [0.15, 0.2) is 72.0 Å². The van der Waals surface area contributed by atoms with Crippen LogP contribution in [0.5, 0.6) is 5.75 Å². The molecule has 0 aliphatic heterocycles. The summed E-state index contributed by atoms with van der Waals surface area (Å²) in [7, 11) is 1.53. The number of benzene rings is 2. The van der Waals surface area contributed by atoms with Crippen molar-refractivity contribution in [2.24, 2.45) is 0 Å². The molecule has 0 fully saturated rings. The number of halogens is 1. The Morgan fingerprint density at radius 3 is 2.42 bits per heavy atom. The van der Waals surface area contributed by atoms with Crippen LogP contribution in [0.25, 0.3) is 5.69 Å². The van der Waals surface area contributed by atoms with Gasteiger partial charge in [0.15, 0.2) is 5.78 Å². The van der Waals surface area contributed by atoms with Gasteiger partial charge in [-0.25, -0.2) is 9.37 Å². The predicted molar refractivity (Wildman–Crippen MR) is 124 cm³/mol. The number of rotatable bonds is 6. The Kier molecular flexibility index (Phi) is 5.96. The van der Waals surface area contributed by atoms with E-state index in [4.69, 9.17) is 4.74 Å². The van der Waals surface area contributed by atoms with E-state index >= 15 is 0 Å². The summed E-state index contributed by atoms with van der Waals surface area (Å²) < 4.78 is 22.2. The summed E-state index contributed by atoms with van der Waals surface area (Å²) in [6, 6.07) is 12.3. The SMILES string of the molecule is COc1cc(C(=O)c2cc(C)cn(C(C)c3ccc(F)cc3)c2=O)ccc1-n1cnc(C)c1.